The molecule has 36 heavy (non-hydrogen) atoms. The second-order valence-corrected chi connectivity index (χ2v) is 10.9. The summed E-state index contributed by atoms with van der Waals surface area (Å²) in [6, 6.07) is 34.6. The lowest BCUT2D eigenvalue weighted by Crippen LogP contribution is -2.80. The molecule has 5 aromatic rings. The molecule has 0 saturated heterocycles. The van der Waals surface area contributed by atoms with Gasteiger partial charge in [-0.3, -0.25) is 0 Å². The van der Waals surface area contributed by atoms with Gasteiger partial charge >= 0.3 is 5.66 Å². The molecule has 0 N–H and O–H groups in total. The zero-order chi connectivity index (χ0) is 23.4. The number of hydrogen-bond acceptors (Lipinski definition) is 0. The van der Waals surface area contributed by atoms with E-state index in [1.165, 1.54) is 61.6 Å². The molecule has 3 aliphatic heterocycles. The van der Waals surface area contributed by atoms with Crippen molar-refractivity contribution in [3.05, 3.63) is 153 Å². The number of fused-ring (bicyclic) bond motifs is 6. The SMILES string of the molecule is c1ccc2c(c1)Cc1cc3c(c4[n+]1C1(C2)c2c(cccc2C4)Cc2cccc[n+]21)Cc1ccccc1-3. The van der Waals surface area contributed by atoms with Crippen LogP contribution in [-0.2, 0) is 37.8 Å². The van der Waals surface area contributed by atoms with Crippen LogP contribution in [0.1, 0.15) is 56.0 Å². The third kappa shape index (κ3) is 2.24. The fraction of sp³-hybridized carbons (Fsp3) is 0.176. The quantitative estimate of drug-likeness (QED) is 0.280. The molecule has 0 fully saturated rings. The molecule has 0 saturated carbocycles. The molecule has 3 aromatic carbocycles. The van der Waals surface area contributed by atoms with Gasteiger partial charge in [0.15, 0.2) is 23.3 Å². The van der Waals surface area contributed by atoms with Crippen molar-refractivity contribution in [3.8, 4) is 11.1 Å². The average molecular weight is 463 g/mol. The molecule has 2 nitrogen and oxygen atoms in total. The highest BCUT2D eigenvalue weighted by Crippen LogP contribution is 2.45. The van der Waals surface area contributed by atoms with Gasteiger partial charge in [-0.2, -0.15) is 0 Å². The smallest absolute Gasteiger partial charge is 0.134 e. The summed E-state index contributed by atoms with van der Waals surface area (Å²) in [5.74, 6) is 0. The van der Waals surface area contributed by atoms with Crippen LogP contribution in [-0.4, -0.2) is 0 Å². The lowest BCUT2D eigenvalue weighted by atomic mass is 9.76. The molecule has 5 heterocycles. The van der Waals surface area contributed by atoms with Crippen LogP contribution < -0.4 is 9.13 Å². The van der Waals surface area contributed by atoms with E-state index in [9.17, 15) is 0 Å². The minimum absolute atomic E-state index is 0.278. The Morgan fingerprint density at radius 1 is 0.556 bits per heavy atom. The first-order chi connectivity index (χ1) is 17.8. The van der Waals surface area contributed by atoms with Crippen molar-refractivity contribution in [2.24, 2.45) is 0 Å². The van der Waals surface area contributed by atoms with Crippen LogP contribution in [0, 0.1) is 0 Å². The van der Waals surface area contributed by atoms with Crippen molar-refractivity contribution >= 4 is 0 Å². The molecular formula is C34H26N2+2. The van der Waals surface area contributed by atoms with Gasteiger partial charge in [0.25, 0.3) is 0 Å². The van der Waals surface area contributed by atoms with Gasteiger partial charge in [-0.25, -0.2) is 0 Å². The highest BCUT2D eigenvalue weighted by atomic mass is 15.3. The highest BCUT2D eigenvalue weighted by Gasteiger charge is 2.63. The standard InChI is InChI=1S/C34H26N2/c1-2-10-26-21-34-33-24(17-27-13-5-6-15-35(27)34)11-7-12-25(33)19-32-31-18-23-9-3-4-14-29(23)30(31)20-28(36(32)34)16-22(26)8-1/h1-15,20H,16-19,21H2/q+2. The molecule has 1 spiro atoms. The van der Waals surface area contributed by atoms with Crippen molar-refractivity contribution in [2.75, 3.05) is 0 Å². The highest BCUT2D eigenvalue weighted by molar-refractivity contribution is 5.77. The van der Waals surface area contributed by atoms with Crippen molar-refractivity contribution in [1.29, 1.82) is 0 Å². The number of aromatic nitrogens is 2. The van der Waals surface area contributed by atoms with Gasteiger partial charge in [-0.15, -0.1) is 9.13 Å². The van der Waals surface area contributed by atoms with E-state index in [2.05, 4.69) is 106 Å². The molecule has 4 aliphatic rings. The normalized spacial score (nSPS) is 19.2. The number of benzene rings is 3. The lowest BCUT2D eigenvalue weighted by Gasteiger charge is -2.36. The van der Waals surface area contributed by atoms with E-state index in [4.69, 9.17) is 0 Å². The molecular weight excluding hydrogens is 436 g/mol. The maximum atomic E-state index is 2.80. The van der Waals surface area contributed by atoms with Gasteiger partial charge in [-0.05, 0) is 38.9 Å². The van der Waals surface area contributed by atoms with E-state index in [-0.39, 0.29) is 5.66 Å². The first-order valence-electron chi connectivity index (χ1n) is 13.2. The minimum Gasteiger partial charge on any atom is -0.134 e. The monoisotopic (exact) mass is 462 g/mol. The van der Waals surface area contributed by atoms with Crippen molar-refractivity contribution in [3.63, 3.8) is 0 Å². The van der Waals surface area contributed by atoms with Crippen molar-refractivity contribution < 1.29 is 9.13 Å². The van der Waals surface area contributed by atoms with Gasteiger partial charge in [0.1, 0.15) is 12.0 Å². The van der Waals surface area contributed by atoms with Crippen LogP contribution in [0.25, 0.3) is 11.1 Å². The van der Waals surface area contributed by atoms with Crippen LogP contribution in [0.15, 0.2) is 97.2 Å². The summed E-state index contributed by atoms with van der Waals surface area (Å²) < 4.78 is 5.42. The van der Waals surface area contributed by atoms with Crippen LogP contribution in [0.2, 0.25) is 0 Å². The Bertz CT molecular complexity index is 1780. The predicted octanol–water partition coefficient (Wildman–Crippen LogP) is 5.04. The number of nitrogens with zero attached hydrogens (tertiary/aromatic N) is 2. The number of pyridine rings is 2. The van der Waals surface area contributed by atoms with E-state index < -0.39 is 0 Å². The third-order valence-corrected chi connectivity index (χ3v) is 9.22. The Balaban J connectivity index is 1.48. The summed E-state index contributed by atoms with van der Waals surface area (Å²) in [7, 11) is 0. The van der Waals surface area contributed by atoms with Gasteiger partial charge in [0, 0.05) is 30.2 Å². The first-order valence-corrected chi connectivity index (χ1v) is 13.2. The zero-order valence-electron chi connectivity index (χ0n) is 20.2. The molecule has 2 heteroatoms. The van der Waals surface area contributed by atoms with Crippen LogP contribution in [0.5, 0.6) is 0 Å². The van der Waals surface area contributed by atoms with E-state index in [1.807, 2.05) is 0 Å². The van der Waals surface area contributed by atoms with Crippen molar-refractivity contribution in [1.82, 2.24) is 0 Å². The Morgan fingerprint density at radius 3 is 2.19 bits per heavy atom. The summed E-state index contributed by atoms with van der Waals surface area (Å²) in [6.07, 6.45) is 7.33. The van der Waals surface area contributed by atoms with E-state index in [1.54, 1.807) is 5.56 Å². The van der Waals surface area contributed by atoms with Crippen molar-refractivity contribution in [2.45, 2.75) is 37.8 Å². The summed E-state index contributed by atoms with van der Waals surface area (Å²) in [5, 5.41) is 0. The Labute approximate surface area is 211 Å². The largest absolute Gasteiger partial charge is 0.393 e. The molecule has 0 amide bonds. The Kier molecular flexibility index (Phi) is 3.51. The van der Waals surface area contributed by atoms with Gasteiger partial charge in [-0.1, -0.05) is 72.8 Å². The second kappa shape index (κ2) is 6.59. The predicted molar refractivity (Wildman–Crippen MR) is 139 cm³/mol. The number of hydrogen-bond donors (Lipinski definition) is 0. The Morgan fingerprint density at radius 2 is 1.28 bits per heavy atom. The molecule has 0 bridgehead atoms. The van der Waals surface area contributed by atoms with Crippen LogP contribution >= 0.6 is 0 Å². The summed E-state index contributed by atoms with van der Waals surface area (Å²) in [4.78, 5) is 0. The fourth-order valence-electron chi connectivity index (χ4n) is 7.90. The average Bonchev–Trinajstić information content (AvgIpc) is 3.21. The fourth-order valence-corrected chi connectivity index (χ4v) is 7.90. The summed E-state index contributed by atoms with van der Waals surface area (Å²) in [6.45, 7) is 0. The van der Waals surface area contributed by atoms with Gasteiger partial charge < -0.3 is 0 Å². The molecule has 170 valence electrons. The first kappa shape index (κ1) is 19.2. The van der Waals surface area contributed by atoms with Gasteiger partial charge in [0.05, 0.1) is 19.3 Å². The Hall–Kier alpha value is -4.04. The van der Waals surface area contributed by atoms with Crippen LogP contribution in [0.4, 0.5) is 0 Å². The number of rotatable bonds is 0. The van der Waals surface area contributed by atoms with E-state index >= 15 is 0 Å². The summed E-state index contributed by atoms with van der Waals surface area (Å²) >= 11 is 0. The second-order valence-electron chi connectivity index (χ2n) is 10.9. The van der Waals surface area contributed by atoms with E-state index in [0.717, 1.165) is 32.1 Å². The topological polar surface area (TPSA) is 7.76 Å². The maximum absolute atomic E-state index is 2.80. The minimum atomic E-state index is -0.278. The molecule has 2 aromatic heterocycles. The molecule has 1 atom stereocenters. The van der Waals surface area contributed by atoms with E-state index in [0.29, 0.717) is 0 Å². The zero-order valence-corrected chi connectivity index (χ0v) is 20.2. The third-order valence-electron chi connectivity index (χ3n) is 9.22. The van der Waals surface area contributed by atoms with Crippen LogP contribution in [0.3, 0.4) is 0 Å². The molecule has 9 rings (SSSR count). The maximum Gasteiger partial charge on any atom is 0.393 e. The summed E-state index contributed by atoms with van der Waals surface area (Å²) in [5.41, 5.74) is 17.4. The molecule has 0 radical (unpaired) electrons. The van der Waals surface area contributed by atoms with Gasteiger partial charge in [0.2, 0.25) is 0 Å². The molecule has 1 aliphatic carbocycles. The lowest BCUT2D eigenvalue weighted by molar-refractivity contribution is -0.992. The molecule has 1 unspecified atom stereocenters.